The second-order valence-electron chi connectivity index (χ2n) is 8.44. The van der Waals surface area contributed by atoms with E-state index < -0.39 is 51.1 Å². The van der Waals surface area contributed by atoms with Crippen LogP contribution in [0.5, 0.6) is 5.75 Å². The monoisotopic (exact) mass is 560 g/mol. The van der Waals surface area contributed by atoms with Gasteiger partial charge in [0.2, 0.25) is 0 Å². The number of nitrogens with two attached hydrogens (primary N) is 1. The summed E-state index contributed by atoms with van der Waals surface area (Å²) >= 11 is 0. The number of aromatic nitrogens is 4. The molecule has 0 aliphatic heterocycles. The number of nitrogens with one attached hydrogen (secondary N) is 1. The molecule has 3 aromatic rings. The summed E-state index contributed by atoms with van der Waals surface area (Å²) < 4.78 is 73.9. The first-order valence-electron chi connectivity index (χ1n) is 11.4. The SMILES string of the molecule is CC(C)OC(=O)[C@H](COC(F)(F)F)NP(=O)(CO[C@H](C)Cn1cnc2c(N)ncnc21)Oc1ccccc1. The van der Waals surface area contributed by atoms with Crippen molar-refractivity contribution in [3.8, 4) is 5.75 Å². The molecule has 16 heteroatoms. The van der Waals surface area contributed by atoms with Crippen molar-refractivity contribution in [3.63, 3.8) is 0 Å². The minimum Gasteiger partial charge on any atom is -0.462 e. The Balaban J connectivity index is 1.78. The van der Waals surface area contributed by atoms with E-state index >= 15 is 0 Å². The van der Waals surface area contributed by atoms with Crippen LogP contribution in [0, 0.1) is 0 Å². The number of ether oxygens (including phenoxy) is 3. The number of fused-ring (bicyclic) bond motifs is 1. The highest BCUT2D eigenvalue weighted by Gasteiger charge is 2.38. The Morgan fingerprint density at radius 1 is 1.16 bits per heavy atom. The average Bonchev–Trinajstić information content (AvgIpc) is 3.24. The molecule has 12 nitrogen and oxygen atoms in total. The van der Waals surface area contributed by atoms with E-state index in [1.807, 2.05) is 0 Å². The number of anilines is 1. The predicted octanol–water partition coefficient (Wildman–Crippen LogP) is 3.49. The number of hydrogen-bond acceptors (Lipinski definition) is 10. The second kappa shape index (κ2) is 12.5. The van der Waals surface area contributed by atoms with Gasteiger partial charge in [0.1, 0.15) is 30.0 Å². The van der Waals surface area contributed by atoms with Gasteiger partial charge in [-0.15, -0.1) is 13.2 Å². The van der Waals surface area contributed by atoms with Crippen molar-refractivity contribution in [3.05, 3.63) is 43.0 Å². The molecule has 3 N–H and O–H groups in total. The number of para-hydroxylation sites is 1. The fourth-order valence-corrected chi connectivity index (χ4v) is 4.96. The Bertz CT molecular complexity index is 1260. The van der Waals surface area contributed by atoms with Crippen LogP contribution in [-0.4, -0.2) is 63.1 Å². The smallest absolute Gasteiger partial charge is 0.462 e. The molecule has 0 aliphatic rings. The maximum atomic E-state index is 13.8. The summed E-state index contributed by atoms with van der Waals surface area (Å²) in [5.74, 6) is -0.760. The molecule has 0 bridgehead atoms. The molecule has 2 aromatic heterocycles. The Hall–Kier alpha value is -3.26. The Labute approximate surface area is 216 Å². The van der Waals surface area contributed by atoms with Gasteiger partial charge in [-0.1, -0.05) is 18.2 Å². The molecular formula is C22H28F3N6O6P. The number of alkyl halides is 3. The number of nitrogens with zero attached hydrogens (tertiary/aromatic N) is 4. The Morgan fingerprint density at radius 3 is 2.53 bits per heavy atom. The van der Waals surface area contributed by atoms with Crippen LogP contribution in [0.2, 0.25) is 0 Å². The van der Waals surface area contributed by atoms with E-state index in [0.717, 1.165) is 0 Å². The fraction of sp³-hybridized carbons (Fsp3) is 0.455. The van der Waals surface area contributed by atoms with Crippen molar-refractivity contribution in [2.75, 3.05) is 18.7 Å². The Kier molecular flexibility index (Phi) is 9.66. The quantitative estimate of drug-likeness (QED) is 0.233. The van der Waals surface area contributed by atoms with Crippen molar-refractivity contribution < 1.29 is 41.3 Å². The molecule has 0 fully saturated rings. The Morgan fingerprint density at radius 2 is 1.87 bits per heavy atom. The molecule has 208 valence electrons. The van der Waals surface area contributed by atoms with Gasteiger partial charge in [-0.2, -0.15) is 0 Å². The molecule has 1 unspecified atom stereocenters. The zero-order valence-electron chi connectivity index (χ0n) is 20.8. The number of nitrogen functional groups attached to an aromatic ring is 1. The number of carbonyl (C=O) groups is 1. The number of rotatable bonds is 13. The van der Waals surface area contributed by atoms with Gasteiger partial charge in [0.25, 0.3) is 0 Å². The van der Waals surface area contributed by atoms with Gasteiger partial charge in [-0.05, 0) is 32.9 Å². The van der Waals surface area contributed by atoms with E-state index in [0.29, 0.717) is 11.2 Å². The molecule has 0 radical (unpaired) electrons. The molecule has 38 heavy (non-hydrogen) atoms. The molecule has 0 saturated heterocycles. The standard InChI is InChI=1S/C22H28F3N6O6P/c1-14(2)36-21(32)17(10-35-22(23,24)25)30-38(33,37-16-7-5-4-6-8-16)13-34-15(3)9-31-12-29-18-19(26)27-11-28-20(18)31/h4-8,11-12,14-15,17H,9-10,13H2,1-3H3,(H,30,33)(H2,26,27,28)/t15-,17+,38?/m1/s1. The summed E-state index contributed by atoms with van der Waals surface area (Å²) in [4.78, 5) is 24.7. The average molecular weight is 560 g/mol. The number of hydrogen-bond donors (Lipinski definition) is 2. The topological polar surface area (TPSA) is 153 Å². The van der Waals surface area contributed by atoms with Crippen molar-refractivity contribution in [1.29, 1.82) is 0 Å². The van der Waals surface area contributed by atoms with Crippen LogP contribution in [0.25, 0.3) is 11.2 Å². The van der Waals surface area contributed by atoms with E-state index in [2.05, 4.69) is 24.8 Å². The normalized spacial score (nSPS) is 15.2. The third kappa shape index (κ3) is 8.65. The molecule has 2 heterocycles. The summed E-state index contributed by atoms with van der Waals surface area (Å²) in [6.45, 7) is 3.70. The summed E-state index contributed by atoms with van der Waals surface area (Å²) in [6.07, 6.45) is -4.12. The molecule has 3 atom stereocenters. The number of benzene rings is 1. The molecule has 0 spiro atoms. The van der Waals surface area contributed by atoms with Crippen LogP contribution in [-0.2, 0) is 30.1 Å². The molecular weight excluding hydrogens is 532 g/mol. The van der Waals surface area contributed by atoms with E-state index in [4.69, 9.17) is 19.7 Å². The number of esters is 1. The van der Waals surface area contributed by atoms with Gasteiger partial charge >= 0.3 is 19.9 Å². The first-order valence-corrected chi connectivity index (χ1v) is 13.2. The zero-order chi connectivity index (χ0) is 27.9. The van der Waals surface area contributed by atoms with Gasteiger partial charge in [0.05, 0.1) is 31.7 Å². The van der Waals surface area contributed by atoms with Crippen molar-refractivity contribution in [1.82, 2.24) is 24.6 Å². The fourth-order valence-electron chi connectivity index (χ4n) is 3.22. The predicted molar refractivity (Wildman–Crippen MR) is 130 cm³/mol. The van der Waals surface area contributed by atoms with E-state index in [1.165, 1.54) is 38.6 Å². The van der Waals surface area contributed by atoms with Crippen molar-refractivity contribution in [2.24, 2.45) is 0 Å². The van der Waals surface area contributed by atoms with Crippen LogP contribution >= 0.6 is 7.52 Å². The maximum Gasteiger partial charge on any atom is 0.522 e. The van der Waals surface area contributed by atoms with Crippen LogP contribution in [0.3, 0.4) is 0 Å². The number of carbonyl (C=O) groups excluding carboxylic acids is 1. The highest BCUT2D eigenvalue weighted by Crippen LogP contribution is 2.44. The van der Waals surface area contributed by atoms with E-state index in [-0.39, 0.29) is 18.1 Å². The third-order valence-corrected chi connectivity index (χ3v) is 6.51. The summed E-state index contributed by atoms with van der Waals surface area (Å²) in [5, 5.41) is 2.36. The lowest BCUT2D eigenvalue weighted by atomic mass is 10.3. The van der Waals surface area contributed by atoms with Gasteiger partial charge in [-0.25, -0.2) is 20.0 Å². The van der Waals surface area contributed by atoms with Crippen LogP contribution in [0.1, 0.15) is 20.8 Å². The molecule has 1 aromatic carbocycles. The van der Waals surface area contributed by atoms with Gasteiger partial charge in [-0.3, -0.25) is 14.1 Å². The minimum atomic E-state index is -5.03. The minimum absolute atomic E-state index is 0.139. The first kappa shape index (κ1) is 29.3. The number of imidazole rings is 1. The zero-order valence-corrected chi connectivity index (χ0v) is 21.7. The summed E-state index contributed by atoms with van der Waals surface area (Å²) in [7, 11) is -4.17. The highest BCUT2D eigenvalue weighted by molar-refractivity contribution is 7.57. The second-order valence-corrected chi connectivity index (χ2v) is 10.5. The maximum absolute atomic E-state index is 13.8. The molecule has 3 rings (SSSR count). The van der Waals surface area contributed by atoms with Crippen LogP contribution < -0.4 is 15.3 Å². The largest absolute Gasteiger partial charge is 0.522 e. The van der Waals surface area contributed by atoms with Crippen molar-refractivity contribution in [2.45, 2.75) is 51.9 Å². The van der Waals surface area contributed by atoms with Crippen molar-refractivity contribution >= 4 is 30.5 Å². The van der Waals surface area contributed by atoms with E-state index in [9.17, 15) is 22.5 Å². The lowest BCUT2D eigenvalue weighted by Crippen LogP contribution is -2.43. The van der Waals surface area contributed by atoms with Gasteiger partial charge in [0, 0.05) is 0 Å². The lowest BCUT2D eigenvalue weighted by Gasteiger charge is -2.27. The number of halogens is 3. The van der Waals surface area contributed by atoms with Crippen LogP contribution in [0.15, 0.2) is 43.0 Å². The van der Waals surface area contributed by atoms with E-state index in [1.54, 1.807) is 29.7 Å². The summed E-state index contributed by atoms with van der Waals surface area (Å²) in [6, 6.07) is 6.12. The molecule has 0 aliphatic carbocycles. The third-order valence-electron chi connectivity index (χ3n) is 4.81. The van der Waals surface area contributed by atoms with Gasteiger partial charge in [0.15, 0.2) is 11.5 Å². The molecule has 0 saturated carbocycles. The molecule has 0 amide bonds. The van der Waals surface area contributed by atoms with Crippen LogP contribution in [0.4, 0.5) is 19.0 Å². The lowest BCUT2D eigenvalue weighted by molar-refractivity contribution is -0.325. The van der Waals surface area contributed by atoms with Gasteiger partial charge < -0.3 is 24.3 Å². The highest BCUT2D eigenvalue weighted by atomic mass is 31.2. The first-order chi connectivity index (χ1) is 17.8. The summed E-state index contributed by atoms with van der Waals surface area (Å²) in [5.41, 5.74) is 6.66.